The van der Waals surface area contributed by atoms with Gasteiger partial charge in [-0.15, -0.1) is 0 Å². The quantitative estimate of drug-likeness (QED) is 0.518. The number of anilines is 1. The lowest BCUT2D eigenvalue weighted by atomic mass is 9.95. The average Bonchev–Trinajstić information content (AvgIpc) is 2.73. The molecule has 29 heavy (non-hydrogen) atoms. The second kappa shape index (κ2) is 9.91. The zero-order valence-electron chi connectivity index (χ0n) is 16.2. The van der Waals surface area contributed by atoms with Gasteiger partial charge in [0, 0.05) is 36.3 Å². The summed E-state index contributed by atoms with van der Waals surface area (Å²) in [5.74, 6) is 0.145. The summed E-state index contributed by atoms with van der Waals surface area (Å²) in [6, 6.07) is 19.7. The minimum Gasteiger partial charge on any atom is -0.507 e. The van der Waals surface area contributed by atoms with E-state index >= 15 is 0 Å². The van der Waals surface area contributed by atoms with Crippen LogP contribution in [0.15, 0.2) is 66.7 Å². The highest BCUT2D eigenvalue weighted by atomic mass is 16.6. The second-order valence-electron chi connectivity index (χ2n) is 6.54. The summed E-state index contributed by atoms with van der Waals surface area (Å²) in [7, 11) is 0. The Kier molecular flexibility index (Phi) is 7.05. The predicted octanol–water partition coefficient (Wildman–Crippen LogP) is 4.62. The van der Waals surface area contributed by atoms with Crippen LogP contribution in [0.1, 0.15) is 25.0 Å². The number of carbonyl (C=O) groups excluding carboxylic acids is 1. The molecule has 3 rings (SSSR count). The van der Waals surface area contributed by atoms with Gasteiger partial charge in [-0.3, -0.25) is 5.32 Å². The molecular weight excluding hydrogens is 370 g/mol. The summed E-state index contributed by atoms with van der Waals surface area (Å²) in [6.07, 6.45) is -1.64. The number of hydrogen-bond acceptors (Lipinski definition) is 5. The fourth-order valence-electron chi connectivity index (χ4n) is 3.34. The number of aliphatic hydroxyl groups is 1. The van der Waals surface area contributed by atoms with Gasteiger partial charge in [-0.1, -0.05) is 48.5 Å². The van der Waals surface area contributed by atoms with E-state index in [4.69, 9.17) is 9.47 Å². The first kappa shape index (κ1) is 20.6. The van der Waals surface area contributed by atoms with E-state index in [-0.39, 0.29) is 12.4 Å². The number of aromatic hydroxyl groups is 1. The third-order valence-corrected chi connectivity index (χ3v) is 4.63. The topological polar surface area (TPSA) is 88.0 Å². The molecule has 0 unspecified atom stereocenters. The van der Waals surface area contributed by atoms with Crippen molar-refractivity contribution in [2.45, 2.75) is 25.6 Å². The number of phenols is 1. The highest BCUT2D eigenvalue weighted by Crippen LogP contribution is 2.35. The monoisotopic (exact) mass is 395 g/mol. The van der Waals surface area contributed by atoms with Gasteiger partial charge < -0.3 is 19.7 Å². The third kappa shape index (κ3) is 5.04. The van der Waals surface area contributed by atoms with E-state index in [9.17, 15) is 15.0 Å². The van der Waals surface area contributed by atoms with E-state index in [1.54, 1.807) is 30.3 Å². The number of para-hydroxylation sites is 1. The lowest BCUT2D eigenvalue weighted by Crippen LogP contribution is -2.30. The highest BCUT2D eigenvalue weighted by Gasteiger charge is 2.29. The van der Waals surface area contributed by atoms with E-state index in [2.05, 4.69) is 5.32 Å². The average molecular weight is 395 g/mol. The summed E-state index contributed by atoms with van der Waals surface area (Å²) < 4.78 is 11.6. The predicted molar refractivity (Wildman–Crippen MR) is 112 cm³/mol. The number of hydrogen-bond donors (Lipinski definition) is 3. The molecule has 2 atom stereocenters. The number of fused-ring (bicyclic) bond motifs is 1. The summed E-state index contributed by atoms with van der Waals surface area (Å²) in [4.78, 5) is 12.6. The lowest BCUT2D eigenvalue weighted by Gasteiger charge is -2.28. The summed E-state index contributed by atoms with van der Waals surface area (Å²) in [5.41, 5.74) is 1.32. The zero-order valence-corrected chi connectivity index (χ0v) is 16.2. The number of aliphatic hydroxyl groups excluding tert-OH is 1. The second-order valence-corrected chi connectivity index (χ2v) is 6.54. The van der Waals surface area contributed by atoms with Crippen LogP contribution in [-0.4, -0.2) is 35.6 Å². The number of benzene rings is 3. The van der Waals surface area contributed by atoms with Crippen molar-refractivity contribution in [3.8, 4) is 5.75 Å². The van der Waals surface area contributed by atoms with Crippen LogP contribution in [-0.2, 0) is 9.47 Å². The van der Waals surface area contributed by atoms with Gasteiger partial charge in [0.15, 0.2) is 6.10 Å². The van der Waals surface area contributed by atoms with Crippen LogP contribution in [0.25, 0.3) is 10.8 Å². The van der Waals surface area contributed by atoms with Crippen LogP contribution >= 0.6 is 0 Å². The van der Waals surface area contributed by atoms with Crippen molar-refractivity contribution in [2.75, 3.05) is 18.5 Å². The molecule has 3 aromatic rings. The maximum Gasteiger partial charge on any atom is 0.412 e. The SMILES string of the molecule is CCO[C@H](CCO)[C@H](OC(=O)Nc1ccccc1)c1ccc(O)c2ccccc12. The molecule has 6 heteroatoms. The molecular formula is C23H25NO5. The van der Waals surface area contributed by atoms with E-state index in [0.717, 1.165) is 5.39 Å². The van der Waals surface area contributed by atoms with Crippen molar-refractivity contribution in [1.29, 1.82) is 0 Å². The van der Waals surface area contributed by atoms with E-state index in [1.165, 1.54) is 0 Å². The van der Waals surface area contributed by atoms with Crippen molar-refractivity contribution >= 4 is 22.6 Å². The number of carbonyl (C=O) groups is 1. The van der Waals surface area contributed by atoms with Crippen LogP contribution < -0.4 is 5.32 Å². The Bertz CT molecular complexity index is 938. The van der Waals surface area contributed by atoms with Gasteiger partial charge in [-0.05, 0) is 30.5 Å². The fraction of sp³-hybridized carbons (Fsp3) is 0.261. The number of phenolic OH excluding ortho intramolecular Hbond substituents is 1. The molecule has 0 aromatic heterocycles. The first-order valence-electron chi connectivity index (χ1n) is 9.59. The summed E-state index contributed by atoms with van der Waals surface area (Å²) >= 11 is 0. The Morgan fingerprint density at radius 2 is 1.69 bits per heavy atom. The molecule has 152 valence electrons. The largest absolute Gasteiger partial charge is 0.507 e. The van der Waals surface area contributed by atoms with E-state index < -0.39 is 18.3 Å². The molecule has 3 aromatic carbocycles. The fourth-order valence-corrected chi connectivity index (χ4v) is 3.34. The summed E-state index contributed by atoms with van der Waals surface area (Å²) in [6.45, 7) is 2.14. The highest BCUT2D eigenvalue weighted by molar-refractivity contribution is 5.91. The Labute approximate surface area is 169 Å². The van der Waals surface area contributed by atoms with Gasteiger partial charge in [0.1, 0.15) is 11.9 Å². The minimum absolute atomic E-state index is 0.110. The number of amides is 1. The maximum absolute atomic E-state index is 12.6. The number of ether oxygens (including phenoxy) is 2. The Balaban J connectivity index is 1.97. The Morgan fingerprint density at radius 1 is 1.00 bits per heavy atom. The zero-order chi connectivity index (χ0) is 20.6. The van der Waals surface area contributed by atoms with E-state index in [1.807, 2.05) is 43.3 Å². The van der Waals surface area contributed by atoms with Crippen LogP contribution in [0.4, 0.5) is 10.5 Å². The summed E-state index contributed by atoms with van der Waals surface area (Å²) in [5, 5.41) is 23.8. The molecule has 0 saturated carbocycles. The number of rotatable bonds is 8. The molecule has 0 heterocycles. The molecule has 0 fully saturated rings. The normalized spacial score (nSPS) is 13.0. The molecule has 0 radical (unpaired) electrons. The Hall–Kier alpha value is -3.09. The molecule has 0 saturated heterocycles. The molecule has 0 aliphatic carbocycles. The first-order chi connectivity index (χ1) is 14.1. The van der Waals surface area contributed by atoms with Crippen LogP contribution in [0, 0.1) is 0 Å². The van der Waals surface area contributed by atoms with Crippen LogP contribution in [0.2, 0.25) is 0 Å². The van der Waals surface area contributed by atoms with Crippen molar-refractivity contribution in [3.63, 3.8) is 0 Å². The Morgan fingerprint density at radius 3 is 2.38 bits per heavy atom. The molecule has 0 spiro atoms. The van der Waals surface area contributed by atoms with Gasteiger partial charge in [0.25, 0.3) is 0 Å². The number of nitrogens with one attached hydrogen (secondary N) is 1. The first-order valence-corrected chi connectivity index (χ1v) is 9.59. The standard InChI is InChI=1S/C23H25NO5/c1-2-28-21(14-15-25)22(29-23(27)24-16-8-4-3-5-9-16)19-12-13-20(26)18-11-7-6-10-17(18)19/h3-13,21-22,25-26H,2,14-15H2,1H3,(H,24,27)/t21-,22-/m1/s1. The molecule has 6 nitrogen and oxygen atoms in total. The van der Waals surface area contributed by atoms with Crippen molar-refractivity contribution in [1.82, 2.24) is 0 Å². The van der Waals surface area contributed by atoms with Crippen molar-refractivity contribution in [2.24, 2.45) is 0 Å². The van der Waals surface area contributed by atoms with Gasteiger partial charge in [0.2, 0.25) is 0 Å². The molecule has 0 aliphatic rings. The minimum atomic E-state index is -0.767. The van der Waals surface area contributed by atoms with Crippen molar-refractivity contribution in [3.05, 3.63) is 72.3 Å². The van der Waals surface area contributed by atoms with Gasteiger partial charge in [0.05, 0.1) is 0 Å². The van der Waals surface area contributed by atoms with Gasteiger partial charge >= 0.3 is 6.09 Å². The molecule has 3 N–H and O–H groups in total. The molecule has 0 aliphatic heterocycles. The lowest BCUT2D eigenvalue weighted by molar-refractivity contribution is -0.0478. The smallest absolute Gasteiger partial charge is 0.412 e. The third-order valence-electron chi connectivity index (χ3n) is 4.63. The van der Waals surface area contributed by atoms with Crippen LogP contribution in [0.3, 0.4) is 0 Å². The van der Waals surface area contributed by atoms with Gasteiger partial charge in [-0.2, -0.15) is 0 Å². The maximum atomic E-state index is 12.6. The molecule has 1 amide bonds. The van der Waals surface area contributed by atoms with Gasteiger partial charge in [-0.25, -0.2) is 4.79 Å². The molecule has 0 bridgehead atoms. The van der Waals surface area contributed by atoms with Crippen molar-refractivity contribution < 1.29 is 24.5 Å². The van der Waals surface area contributed by atoms with Crippen LogP contribution in [0.5, 0.6) is 5.75 Å². The van der Waals surface area contributed by atoms with E-state index in [0.29, 0.717) is 29.7 Å².